The van der Waals surface area contributed by atoms with Crippen LogP contribution < -0.4 is 5.73 Å². The summed E-state index contributed by atoms with van der Waals surface area (Å²) in [5, 5.41) is 0. The number of hydrogen-bond acceptors (Lipinski definition) is 3. The van der Waals surface area contributed by atoms with E-state index in [1.165, 1.54) is 0 Å². The predicted molar refractivity (Wildman–Crippen MR) is 74.6 cm³/mol. The first-order valence-electron chi connectivity index (χ1n) is 6.65. The minimum absolute atomic E-state index is 0.0192. The molecule has 2 N–H and O–H groups in total. The topological polar surface area (TPSA) is 55.6 Å². The van der Waals surface area contributed by atoms with E-state index in [0.717, 1.165) is 5.56 Å². The molecule has 1 aromatic rings. The largest absolute Gasteiger partial charge is 0.369 e. The van der Waals surface area contributed by atoms with E-state index >= 15 is 0 Å². The number of carbonyl (C=O) groups excluding carboxylic acids is 1. The van der Waals surface area contributed by atoms with Crippen molar-refractivity contribution in [2.75, 3.05) is 13.2 Å². The van der Waals surface area contributed by atoms with Crippen molar-refractivity contribution in [1.29, 1.82) is 0 Å². The average Bonchev–Trinajstić information content (AvgIpc) is 2.38. The van der Waals surface area contributed by atoms with E-state index in [1.54, 1.807) is 6.92 Å². The predicted octanol–water partition coefficient (Wildman–Crippen LogP) is 1.71. The molecule has 0 aliphatic carbocycles. The molecule has 0 aromatic heterocycles. The lowest BCUT2D eigenvalue weighted by atomic mass is 9.97. The smallest absolute Gasteiger partial charge is 0.239 e. The Morgan fingerprint density at radius 3 is 2.63 bits per heavy atom. The summed E-state index contributed by atoms with van der Waals surface area (Å²) in [4.78, 5) is 14.1. The van der Waals surface area contributed by atoms with Crippen LogP contribution in [0.5, 0.6) is 0 Å². The van der Waals surface area contributed by atoms with Gasteiger partial charge in [0.2, 0.25) is 5.91 Å². The van der Waals surface area contributed by atoms with Gasteiger partial charge in [0.05, 0.1) is 24.7 Å². The molecule has 4 nitrogen and oxygen atoms in total. The van der Waals surface area contributed by atoms with Crippen molar-refractivity contribution >= 4 is 5.91 Å². The van der Waals surface area contributed by atoms with E-state index in [2.05, 4.69) is 0 Å². The van der Waals surface area contributed by atoms with Crippen LogP contribution in [-0.2, 0) is 9.53 Å². The fourth-order valence-corrected chi connectivity index (χ4v) is 2.35. The zero-order valence-corrected chi connectivity index (χ0v) is 11.8. The summed E-state index contributed by atoms with van der Waals surface area (Å²) in [6, 6.07) is 9.51. The van der Waals surface area contributed by atoms with E-state index in [9.17, 15) is 4.79 Å². The summed E-state index contributed by atoms with van der Waals surface area (Å²) in [6.45, 7) is 6.82. The summed E-state index contributed by atoms with van der Waals surface area (Å²) >= 11 is 0. The number of hydrogen-bond donors (Lipinski definition) is 1. The van der Waals surface area contributed by atoms with Crippen LogP contribution in [0.15, 0.2) is 30.3 Å². The first-order chi connectivity index (χ1) is 8.92. The lowest BCUT2D eigenvalue weighted by Gasteiger charge is -2.46. The molecule has 0 radical (unpaired) electrons. The Labute approximate surface area is 114 Å². The van der Waals surface area contributed by atoms with Crippen LogP contribution in [0.3, 0.4) is 0 Å². The van der Waals surface area contributed by atoms with E-state index in [4.69, 9.17) is 10.5 Å². The Bertz CT molecular complexity index is 443. The van der Waals surface area contributed by atoms with Gasteiger partial charge in [-0.15, -0.1) is 0 Å². The van der Waals surface area contributed by atoms with Crippen molar-refractivity contribution in [3.8, 4) is 0 Å². The zero-order chi connectivity index (χ0) is 14.0. The molecule has 2 rings (SSSR count). The molecule has 4 heteroatoms. The van der Waals surface area contributed by atoms with Gasteiger partial charge < -0.3 is 15.4 Å². The van der Waals surface area contributed by atoms with Gasteiger partial charge in [0.15, 0.2) is 0 Å². The van der Waals surface area contributed by atoms with E-state index in [1.807, 2.05) is 49.1 Å². The van der Waals surface area contributed by atoms with E-state index in [0.29, 0.717) is 13.2 Å². The zero-order valence-electron chi connectivity index (χ0n) is 11.8. The molecule has 1 heterocycles. The van der Waals surface area contributed by atoms with Gasteiger partial charge >= 0.3 is 0 Å². The molecular weight excluding hydrogens is 240 g/mol. The number of nitrogens with two attached hydrogens (primary N) is 1. The second kappa shape index (κ2) is 5.31. The lowest BCUT2D eigenvalue weighted by Crippen LogP contribution is -2.59. The fourth-order valence-electron chi connectivity index (χ4n) is 2.35. The number of carbonyl (C=O) groups is 1. The molecule has 1 aromatic carbocycles. The highest BCUT2D eigenvalue weighted by molar-refractivity contribution is 5.82. The standard InChI is InChI=1S/C15H22N2O2/c1-11(16)14(18)17-9-13(19-10-15(17,2)3)12-7-5-4-6-8-12/h4-8,11,13H,9-10,16H2,1-3H3/t11-,13?/m0/s1. The summed E-state index contributed by atoms with van der Waals surface area (Å²) in [6.07, 6.45) is -0.0723. The quantitative estimate of drug-likeness (QED) is 0.882. The molecule has 0 spiro atoms. The van der Waals surface area contributed by atoms with Crippen molar-refractivity contribution in [1.82, 2.24) is 4.90 Å². The number of ether oxygens (including phenoxy) is 1. The van der Waals surface area contributed by atoms with Gasteiger partial charge in [0.1, 0.15) is 6.10 Å². The Morgan fingerprint density at radius 2 is 2.05 bits per heavy atom. The number of rotatable bonds is 2. The van der Waals surface area contributed by atoms with Crippen molar-refractivity contribution < 1.29 is 9.53 Å². The fraction of sp³-hybridized carbons (Fsp3) is 0.533. The summed E-state index contributed by atoms with van der Waals surface area (Å²) in [5.74, 6) is -0.0192. The number of morpholine rings is 1. The molecule has 1 fully saturated rings. The SMILES string of the molecule is C[C@H](N)C(=O)N1CC(c2ccccc2)OCC1(C)C. The first-order valence-corrected chi connectivity index (χ1v) is 6.65. The number of amides is 1. The molecule has 1 saturated heterocycles. The molecule has 1 aliphatic heterocycles. The minimum atomic E-state index is -0.478. The Hall–Kier alpha value is -1.39. The lowest BCUT2D eigenvalue weighted by molar-refractivity contribution is -0.155. The Balaban J connectivity index is 2.19. The maximum absolute atomic E-state index is 12.2. The monoisotopic (exact) mass is 262 g/mol. The third-order valence-corrected chi connectivity index (χ3v) is 3.54. The van der Waals surface area contributed by atoms with Gasteiger partial charge in [0.25, 0.3) is 0 Å². The third-order valence-electron chi connectivity index (χ3n) is 3.54. The second-order valence-corrected chi connectivity index (χ2v) is 5.76. The van der Waals surface area contributed by atoms with Crippen molar-refractivity contribution in [2.24, 2.45) is 5.73 Å². The average molecular weight is 262 g/mol. The van der Waals surface area contributed by atoms with Gasteiger partial charge in [-0.25, -0.2) is 0 Å². The minimum Gasteiger partial charge on any atom is -0.369 e. The van der Waals surface area contributed by atoms with E-state index in [-0.39, 0.29) is 17.6 Å². The van der Waals surface area contributed by atoms with Crippen LogP contribution in [0.4, 0.5) is 0 Å². The molecule has 2 atom stereocenters. The number of benzene rings is 1. The molecule has 104 valence electrons. The van der Waals surface area contributed by atoms with Crippen LogP contribution >= 0.6 is 0 Å². The molecule has 19 heavy (non-hydrogen) atoms. The Morgan fingerprint density at radius 1 is 1.42 bits per heavy atom. The van der Waals surface area contributed by atoms with Crippen molar-refractivity contribution in [3.63, 3.8) is 0 Å². The molecular formula is C15H22N2O2. The van der Waals surface area contributed by atoms with Gasteiger partial charge in [-0.2, -0.15) is 0 Å². The molecule has 1 amide bonds. The van der Waals surface area contributed by atoms with Gasteiger partial charge in [-0.3, -0.25) is 4.79 Å². The molecule has 0 bridgehead atoms. The van der Waals surface area contributed by atoms with Crippen LogP contribution in [0.1, 0.15) is 32.4 Å². The maximum Gasteiger partial charge on any atom is 0.239 e. The highest BCUT2D eigenvalue weighted by Crippen LogP contribution is 2.30. The van der Waals surface area contributed by atoms with Gasteiger partial charge in [0, 0.05) is 0 Å². The third kappa shape index (κ3) is 2.96. The normalized spacial score (nSPS) is 24.0. The maximum atomic E-state index is 12.2. The first kappa shape index (κ1) is 14.0. The van der Waals surface area contributed by atoms with Crippen LogP contribution in [-0.4, -0.2) is 35.5 Å². The molecule has 0 saturated carbocycles. The van der Waals surface area contributed by atoms with Gasteiger partial charge in [-0.1, -0.05) is 30.3 Å². The van der Waals surface area contributed by atoms with Crippen molar-refractivity contribution in [2.45, 2.75) is 38.5 Å². The second-order valence-electron chi connectivity index (χ2n) is 5.76. The summed E-state index contributed by atoms with van der Waals surface area (Å²) in [5.41, 5.74) is 6.53. The molecule has 1 unspecified atom stereocenters. The molecule has 1 aliphatic rings. The van der Waals surface area contributed by atoms with Crippen LogP contribution in [0.2, 0.25) is 0 Å². The Kier molecular flexibility index (Phi) is 3.92. The highest BCUT2D eigenvalue weighted by atomic mass is 16.5. The highest BCUT2D eigenvalue weighted by Gasteiger charge is 2.39. The number of nitrogens with zero attached hydrogens (tertiary/aromatic N) is 1. The van der Waals surface area contributed by atoms with Gasteiger partial charge in [-0.05, 0) is 26.3 Å². The van der Waals surface area contributed by atoms with Crippen LogP contribution in [0, 0.1) is 0 Å². The van der Waals surface area contributed by atoms with Crippen molar-refractivity contribution in [3.05, 3.63) is 35.9 Å². The summed E-state index contributed by atoms with van der Waals surface area (Å²) < 4.78 is 5.90. The van der Waals surface area contributed by atoms with E-state index < -0.39 is 6.04 Å². The van der Waals surface area contributed by atoms with Crippen LogP contribution in [0.25, 0.3) is 0 Å². The summed E-state index contributed by atoms with van der Waals surface area (Å²) in [7, 11) is 0.